The number of aromatic nitrogens is 2. The van der Waals surface area contributed by atoms with E-state index in [-0.39, 0.29) is 0 Å². The first kappa shape index (κ1) is 47.9. The van der Waals surface area contributed by atoms with Gasteiger partial charge in [0, 0.05) is 77.1 Å². The van der Waals surface area contributed by atoms with Gasteiger partial charge in [-0.05, 0) is 153 Å². The minimum Gasteiger partial charge on any atom is -0.335 e. The van der Waals surface area contributed by atoms with Crippen LogP contribution in [0.1, 0.15) is 55.6 Å². The summed E-state index contributed by atoms with van der Waals surface area (Å²) >= 11 is 1.97. The van der Waals surface area contributed by atoms with Gasteiger partial charge in [-0.1, -0.05) is 249 Å². The molecule has 0 amide bonds. The van der Waals surface area contributed by atoms with Crippen molar-refractivity contribution in [3.63, 3.8) is 0 Å². The SMILES string of the molecule is c1ccc(-c2cc3c4c(c2)c2ccc5c(c2n4Cc2ccccc2-3)-c2ccccc2C52c3ccccc3-c3cc(-c4ccc5c(c4)sc4c6c7c(cc45)c4ccc5c(c4n7Cc4ccccc4-6)-c4ccccc4C54c5ccccc5-c5ccccc54)ccc32)cc1. The minimum absolute atomic E-state index is 0.403. The second-order valence-corrected chi connectivity index (χ2v) is 27.4. The fraction of sp³-hybridized carbons (Fsp3) is 0.0455. The zero-order chi connectivity index (χ0) is 58.7. The number of benzene rings is 14. The summed E-state index contributed by atoms with van der Waals surface area (Å²) in [5, 5.41) is 7.95. The molecule has 23 rings (SSSR count). The Morgan fingerprint density at radius 2 is 0.670 bits per heavy atom. The molecule has 14 aromatic carbocycles. The van der Waals surface area contributed by atoms with Gasteiger partial charge in [-0.15, -0.1) is 11.3 Å². The lowest BCUT2D eigenvalue weighted by Crippen LogP contribution is -2.25. The molecule has 418 valence electrons. The summed E-state index contributed by atoms with van der Waals surface area (Å²) in [5.74, 6) is 0. The van der Waals surface area contributed by atoms with Gasteiger partial charge in [0.1, 0.15) is 0 Å². The van der Waals surface area contributed by atoms with Crippen LogP contribution in [0.15, 0.2) is 279 Å². The van der Waals surface area contributed by atoms with E-state index in [1.165, 1.54) is 208 Å². The number of hydrogen-bond acceptors (Lipinski definition) is 1. The highest BCUT2D eigenvalue weighted by molar-refractivity contribution is 7.26. The van der Waals surface area contributed by atoms with E-state index >= 15 is 0 Å². The van der Waals surface area contributed by atoms with Crippen molar-refractivity contribution in [2.45, 2.75) is 23.9 Å². The molecule has 5 heterocycles. The lowest BCUT2D eigenvalue weighted by Gasteiger charge is -2.30. The Balaban J connectivity index is 0.713. The van der Waals surface area contributed by atoms with E-state index in [0.29, 0.717) is 0 Å². The Morgan fingerprint density at radius 1 is 0.242 bits per heavy atom. The smallest absolute Gasteiger partial charge is 0.0726 e. The van der Waals surface area contributed by atoms with E-state index in [1.54, 1.807) is 0 Å². The first-order valence-electron chi connectivity index (χ1n) is 32.1. The van der Waals surface area contributed by atoms with Crippen molar-refractivity contribution in [2.75, 3.05) is 0 Å². The highest BCUT2D eigenvalue weighted by Gasteiger charge is 2.54. The Kier molecular flexibility index (Phi) is 8.73. The van der Waals surface area contributed by atoms with Crippen LogP contribution in [0.25, 0.3) is 153 Å². The van der Waals surface area contributed by atoms with Gasteiger partial charge in [0.15, 0.2) is 0 Å². The van der Waals surface area contributed by atoms with Gasteiger partial charge in [0.05, 0.1) is 32.9 Å². The normalized spacial score (nSPS) is 15.7. The third-order valence-electron chi connectivity index (χ3n) is 22.6. The molecule has 2 aliphatic heterocycles. The molecule has 0 saturated carbocycles. The van der Waals surface area contributed by atoms with Crippen LogP contribution in [-0.4, -0.2) is 9.13 Å². The standard InChI is InChI=1S/C88H50N2S/c1-2-18-49(19-3-1)54-43-66-55-22-6-4-20-52(55)47-89-82(66)67(44-54)61-37-40-77-79(83(61)89)64-28-12-17-33-74(64)88(77)72-31-15-10-26-59(72)65-42-50(35-39-75(65)88)51-34-36-60-69-46-68-62-38-41-76-80(84(62)90-48-53-21-5-7-23-56(53)81(85(68)90)86(69)91-78(60)45-51)63-27-11-16-32-73(63)87(76)70-29-13-8-24-57(70)58-25-9-14-30-71(58)87/h1-46H,47-48H2. The molecule has 0 bridgehead atoms. The molecule has 6 aliphatic rings. The molecule has 0 N–H and O–H groups in total. The van der Waals surface area contributed by atoms with Crippen molar-refractivity contribution < 1.29 is 0 Å². The molecule has 0 fully saturated rings. The molecule has 17 aromatic rings. The molecule has 91 heavy (non-hydrogen) atoms. The van der Waals surface area contributed by atoms with Crippen LogP contribution < -0.4 is 0 Å². The van der Waals surface area contributed by atoms with Gasteiger partial charge < -0.3 is 9.13 Å². The maximum Gasteiger partial charge on any atom is 0.0726 e. The predicted octanol–water partition coefficient (Wildman–Crippen LogP) is 22.3. The quantitative estimate of drug-likeness (QED) is 0.163. The van der Waals surface area contributed by atoms with E-state index in [2.05, 4.69) is 288 Å². The zero-order valence-electron chi connectivity index (χ0n) is 49.3. The van der Waals surface area contributed by atoms with Crippen LogP contribution >= 0.6 is 11.3 Å². The fourth-order valence-electron chi connectivity index (χ4n) is 19.2. The highest BCUT2D eigenvalue weighted by atomic mass is 32.1. The van der Waals surface area contributed by atoms with Crippen molar-refractivity contribution in [2.24, 2.45) is 0 Å². The number of nitrogens with zero attached hydrogens (tertiary/aromatic N) is 2. The van der Waals surface area contributed by atoms with Crippen molar-refractivity contribution in [3.8, 4) is 89.0 Å². The van der Waals surface area contributed by atoms with E-state index < -0.39 is 10.8 Å². The van der Waals surface area contributed by atoms with Crippen LogP contribution in [0.5, 0.6) is 0 Å². The molecule has 3 heteroatoms. The summed E-state index contributed by atoms with van der Waals surface area (Å²) in [5.41, 5.74) is 39.3. The van der Waals surface area contributed by atoms with Gasteiger partial charge in [-0.2, -0.15) is 0 Å². The highest BCUT2D eigenvalue weighted by Crippen LogP contribution is 2.67. The fourth-order valence-corrected chi connectivity index (χ4v) is 20.5. The minimum atomic E-state index is -0.496. The zero-order valence-corrected chi connectivity index (χ0v) is 50.1. The molecule has 2 spiro atoms. The second kappa shape index (κ2) is 16.6. The summed E-state index contributed by atoms with van der Waals surface area (Å²) in [6.07, 6.45) is 0. The average Bonchev–Trinajstić information content (AvgIpc) is 1.51. The average molecular weight is 1170 g/mol. The Hall–Kier alpha value is -11.1. The summed E-state index contributed by atoms with van der Waals surface area (Å²) in [4.78, 5) is 0. The topological polar surface area (TPSA) is 9.86 Å². The largest absolute Gasteiger partial charge is 0.335 e. The molecular weight excluding hydrogens is 1120 g/mol. The van der Waals surface area contributed by atoms with Crippen LogP contribution in [0, 0.1) is 0 Å². The third kappa shape index (κ3) is 5.55. The van der Waals surface area contributed by atoms with Crippen LogP contribution in [0.2, 0.25) is 0 Å². The second-order valence-electron chi connectivity index (χ2n) is 26.4. The number of hydrogen-bond donors (Lipinski definition) is 0. The molecule has 4 aliphatic carbocycles. The van der Waals surface area contributed by atoms with Gasteiger partial charge in [-0.25, -0.2) is 0 Å². The Labute approximate surface area is 528 Å². The van der Waals surface area contributed by atoms with E-state index in [0.717, 1.165) is 13.1 Å². The molecular formula is C88H50N2S. The lowest BCUT2D eigenvalue weighted by atomic mass is 9.70. The first-order valence-corrected chi connectivity index (χ1v) is 32.9. The Bertz CT molecular complexity index is 6230. The van der Waals surface area contributed by atoms with Crippen LogP contribution in [-0.2, 0) is 23.9 Å². The van der Waals surface area contributed by atoms with Crippen LogP contribution in [0.4, 0.5) is 0 Å². The van der Waals surface area contributed by atoms with E-state index in [9.17, 15) is 0 Å². The molecule has 0 saturated heterocycles. The van der Waals surface area contributed by atoms with Gasteiger partial charge in [0.2, 0.25) is 0 Å². The number of fused-ring (bicyclic) bond motifs is 36. The van der Waals surface area contributed by atoms with Gasteiger partial charge >= 0.3 is 0 Å². The lowest BCUT2D eigenvalue weighted by molar-refractivity contribution is 0.793. The summed E-state index contributed by atoms with van der Waals surface area (Å²) < 4.78 is 8.06. The Morgan fingerprint density at radius 3 is 1.30 bits per heavy atom. The third-order valence-corrected chi connectivity index (χ3v) is 23.7. The summed E-state index contributed by atoms with van der Waals surface area (Å²) in [7, 11) is 0. The van der Waals surface area contributed by atoms with E-state index in [1.807, 2.05) is 11.3 Å². The first-order chi connectivity index (χ1) is 45.1. The molecule has 0 radical (unpaired) electrons. The maximum atomic E-state index is 2.71. The van der Waals surface area contributed by atoms with Crippen molar-refractivity contribution in [1.82, 2.24) is 9.13 Å². The van der Waals surface area contributed by atoms with Gasteiger partial charge in [-0.3, -0.25) is 0 Å². The summed E-state index contributed by atoms with van der Waals surface area (Å²) in [6, 6.07) is 108. The molecule has 2 nitrogen and oxygen atoms in total. The molecule has 1 unspecified atom stereocenters. The number of rotatable bonds is 2. The molecule has 3 aromatic heterocycles. The number of thiophene rings is 1. The van der Waals surface area contributed by atoms with Crippen LogP contribution in [0.3, 0.4) is 0 Å². The van der Waals surface area contributed by atoms with E-state index in [4.69, 9.17) is 0 Å². The molecule has 1 atom stereocenters. The monoisotopic (exact) mass is 1170 g/mol. The predicted molar refractivity (Wildman–Crippen MR) is 378 cm³/mol. The van der Waals surface area contributed by atoms with Crippen molar-refractivity contribution >= 4 is 75.1 Å². The summed E-state index contributed by atoms with van der Waals surface area (Å²) in [6.45, 7) is 1.65. The van der Waals surface area contributed by atoms with Gasteiger partial charge in [0.25, 0.3) is 0 Å². The van der Waals surface area contributed by atoms with Crippen molar-refractivity contribution in [1.29, 1.82) is 0 Å². The maximum absolute atomic E-state index is 2.71. The van der Waals surface area contributed by atoms with Crippen molar-refractivity contribution in [3.05, 3.63) is 335 Å².